The zero-order chi connectivity index (χ0) is 25.3. The van der Waals surface area contributed by atoms with Crippen LogP contribution in [0.2, 0.25) is 0 Å². The van der Waals surface area contributed by atoms with Crippen LogP contribution in [-0.4, -0.2) is 50.6 Å². The molecule has 1 aliphatic rings. The maximum Gasteiger partial charge on any atom is 0.320 e. The molecule has 11 heteroatoms. The number of primary amides is 2. The van der Waals surface area contributed by atoms with Crippen molar-refractivity contribution in [3.05, 3.63) is 59.9 Å². The van der Waals surface area contributed by atoms with Crippen molar-refractivity contribution in [2.75, 3.05) is 16.3 Å². The average Bonchev–Trinajstić information content (AvgIpc) is 3.31. The summed E-state index contributed by atoms with van der Waals surface area (Å²) in [6, 6.07) is 10.8. The van der Waals surface area contributed by atoms with E-state index in [2.05, 4.69) is 29.3 Å². The number of anilines is 2. The van der Waals surface area contributed by atoms with Crippen molar-refractivity contribution in [1.29, 1.82) is 0 Å². The molecular weight excluding hydrogens is 448 g/mol. The van der Waals surface area contributed by atoms with Crippen molar-refractivity contribution in [3.63, 3.8) is 0 Å². The summed E-state index contributed by atoms with van der Waals surface area (Å²) in [4.78, 5) is 42.9. The van der Waals surface area contributed by atoms with Crippen LogP contribution in [0.25, 0.3) is 5.69 Å². The average molecular weight is 477 g/mol. The van der Waals surface area contributed by atoms with Crippen LogP contribution in [0.15, 0.2) is 48.8 Å². The molecule has 2 aromatic carbocycles. The summed E-state index contributed by atoms with van der Waals surface area (Å²) < 4.78 is 0. The first-order chi connectivity index (χ1) is 16.7. The van der Waals surface area contributed by atoms with Crippen LogP contribution < -0.4 is 21.3 Å². The maximum absolute atomic E-state index is 14.1. The Bertz CT molecular complexity index is 1260. The summed E-state index contributed by atoms with van der Waals surface area (Å²) in [5.74, 6) is -1.08. The Hall–Kier alpha value is -4.28. The van der Waals surface area contributed by atoms with Gasteiger partial charge in [-0.15, -0.1) is 15.0 Å². The molecule has 35 heavy (non-hydrogen) atoms. The molecule has 0 fully saturated rings. The molecule has 182 valence electrons. The number of aromatic nitrogens is 4. The van der Waals surface area contributed by atoms with Crippen LogP contribution in [0.1, 0.15) is 37.3 Å². The van der Waals surface area contributed by atoms with E-state index < -0.39 is 23.9 Å². The predicted molar refractivity (Wildman–Crippen MR) is 130 cm³/mol. The van der Waals surface area contributed by atoms with E-state index in [0.717, 1.165) is 11.1 Å². The topological polar surface area (TPSA) is 153 Å². The number of rotatable bonds is 6. The Morgan fingerprint density at radius 1 is 1.14 bits per heavy atom. The van der Waals surface area contributed by atoms with E-state index in [1.165, 1.54) is 20.9 Å². The molecule has 4 N–H and O–H groups in total. The number of nitrogens with two attached hydrogens (primary N) is 2. The van der Waals surface area contributed by atoms with E-state index in [1.54, 1.807) is 24.3 Å². The number of carbonyl (C=O) groups is 3. The molecule has 0 bridgehead atoms. The molecule has 4 amide bonds. The second-order valence-electron chi connectivity index (χ2n) is 8.98. The second kappa shape index (κ2) is 9.53. The number of carbonyl (C=O) groups excluding carboxylic acids is 3. The Labute approximate surface area is 202 Å². The van der Waals surface area contributed by atoms with Crippen LogP contribution in [0, 0.1) is 12.8 Å². The maximum atomic E-state index is 14.1. The molecule has 3 aromatic rings. The third kappa shape index (κ3) is 4.57. The smallest absolute Gasteiger partial charge is 0.320 e. The predicted octanol–water partition coefficient (Wildman–Crippen LogP) is 1.89. The van der Waals surface area contributed by atoms with E-state index in [1.807, 2.05) is 25.1 Å². The Balaban J connectivity index is 1.91. The zero-order valence-corrected chi connectivity index (χ0v) is 19.8. The number of hydrogen-bond donors (Lipinski definition) is 2. The van der Waals surface area contributed by atoms with Crippen LogP contribution in [0.3, 0.4) is 0 Å². The van der Waals surface area contributed by atoms with Crippen molar-refractivity contribution in [1.82, 2.24) is 20.2 Å². The number of amides is 4. The number of fused-ring (bicyclic) bond motifs is 1. The van der Waals surface area contributed by atoms with Crippen molar-refractivity contribution >= 4 is 29.2 Å². The van der Waals surface area contributed by atoms with Crippen molar-refractivity contribution in [2.24, 2.45) is 17.4 Å². The quantitative estimate of drug-likeness (QED) is 0.554. The van der Waals surface area contributed by atoms with Crippen LogP contribution in [0.4, 0.5) is 16.2 Å². The van der Waals surface area contributed by atoms with Gasteiger partial charge in [-0.2, -0.15) is 0 Å². The fourth-order valence-electron chi connectivity index (χ4n) is 4.69. The first kappa shape index (κ1) is 23.9. The van der Waals surface area contributed by atoms with Crippen molar-refractivity contribution < 1.29 is 14.4 Å². The van der Waals surface area contributed by atoms with Crippen LogP contribution in [0.5, 0.6) is 0 Å². The number of tetrazole rings is 1. The highest BCUT2D eigenvalue weighted by atomic mass is 16.2. The number of urea groups is 1. The van der Waals surface area contributed by atoms with Crippen molar-refractivity contribution in [2.45, 2.75) is 39.2 Å². The summed E-state index contributed by atoms with van der Waals surface area (Å²) in [6.07, 6.45) is 1.56. The van der Waals surface area contributed by atoms with E-state index in [4.69, 9.17) is 11.5 Å². The number of aryl methyl sites for hydroxylation is 1. The van der Waals surface area contributed by atoms with E-state index in [-0.39, 0.29) is 18.4 Å². The van der Waals surface area contributed by atoms with Gasteiger partial charge in [-0.05, 0) is 59.7 Å². The monoisotopic (exact) mass is 476 g/mol. The lowest BCUT2D eigenvalue weighted by Gasteiger charge is -2.33. The molecule has 11 nitrogen and oxygen atoms in total. The van der Waals surface area contributed by atoms with Crippen LogP contribution in [-0.2, 0) is 9.59 Å². The Morgan fingerprint density at radius 2 is 1.89 bits per heavy atom. The minimum Gasteiger partial charge on any atom is -0.368 e. The Kier molecular flexibility index (Phi) is 6.50. The van der Waals surface area contributed by atoms with Gasteiger partial charge in [0.15, 0.2) is 6.33 Å². The van der Waals surface area contributed by atoms with E-state index in [0.29, 0.717) is 23.5 Å². The van der Waals surface area contributed by atoms with Gasteiger partial charge < -0.3 is 16.4 Å². The second-order valence-corrected chi connectivity index (χ2v) is 8.98. The van der Waals surface area contributed by atoms with Crippen molar-refractivity contribution in [3.8, 4) is 5.69 Å². The summed E-state index contributed by atoms with van der Waals surface area (Å²) in [5.41, 5.74) is 14.7. The van der Waals surface area contributed by atoms with Gasteiger partial charge in [-0.25, -0.2) is 4.79 Å². The molecule has 2 atom stereocenters. The summed E-state index contributed by atoms with van der Waals surface area (Å²) in [5, 5.41) is 11.7. The molecule has 2 heterocycles. The first-order valence-electron chi connectivity index (χ1n) is 11.3. The number of nitrogens with zero attached hydrogens (tertiary/aromatic N) is 6. The lowest BCUT2D eigenvalue weighted by molar-refractivity contribution is -0.123. The molecular formula is C24H28N8O3. The molecule has 4 rings (SSSR count). The van der Waals surface area contributed by atoms with Crippen LogP contribution >= 0.6 is 0 Å². The number of benzene rings is 2. The lowest BCUT2D eigenvalue weighted by atomic mass is 9.83. The summed E-state index contributed by atoms with van der Waals surface area (Å²) in [6.45, 7) is 5.70. The SMILES string of the molecule is Cc1ccc2c(c1)N(CC(N)=O)C(=O)C(N(C(N)=O)c1ccccc1-n1ncnn1)CC2C(C)C. The van der Waals surface area contributed by atoms with Gasteiger partial charge in [-0.1, -0.05) is 38.1 Å². The highest BCUT2D eigenvalue weighted by Crippen LogP contribution is 2.42. The normalized spacial score (nSPS) is 17.7. The summed E-state index contributed by atoms with van der Waals surface area (Å²) in [7, 11) is 0. The lowest BCUT2D eigenvalue weighted by Crippen LogP contribution is -2.54. The number of para-hydroxylation sites is 2. The standard InChI is InChI=1S/C24H28N8O3/c1-14(2)17-11-21(23(34)30(12-22(25)33)20-10-15(3)8-9-16(17)20)31(24(26)35)18-6-4-5-7-19(18)32-28-13-27-29-32/h4-10,13-14,17,21H,11-12H2,1-3H3,(H2,25,33)(H2,26,35). The minimum atomic E-state index is -1.00. The molecule has 1 aromatic heterocycles. The molecule has 0 aliphatic carbocycles. The van der Waals surface area contributed by atoms with Gasteiger partial charge in [0.1, 0.15) is 18.3 Å². The Morgan fingerprint density at radius 3 is 2.51 bits per heavy atom. The zero-order valence-electron chi connectivity index (χ0n) is 19.8. The van der Waals surface area contributed by atoms with E-state index >= 15 is 0 Å². The molecule has 1 aliphatic heterocycles. The molecule has 0 spiro atoms. The van der Waals surface area contributed by atoms with Gasteiger partial charge >= 0.3 is 6.03 Å². The van der Waals surface area contributed by atoms with Gasteiger partial charge in [0.05, 0.1) is 5.69 Å². The van der Waals surface area contributed by atoms with Gasteiger partial charge in [0.2, 0.25) is 5.91 Å². The molecule has 0 radical (unpaired) electrons. The molecule has 0 saturated heterocycles. The highest BCUT2D eigenvalue weighted by molar-refractivity contribution is 6.08. The molecule has 2 unspecified atom stereocenters. The van der Waals surface area contributed by atoms with Gasteiger partial charge in [-0.3, -0.25) is 14.5 Å². The number of hydrogen-bond acceptors (Lipinski definition) is 6. The highest BCUT2D eigenvalue weighted by Gasteiger charge is 2.42. The van der Waals surface area contributed by atoms with Gasteiger partial charge in [0.25, 0.3) is 5.91 Å². The van der Waals surface area contributed by atoms with Gasteiger partial charge in [0, 0.05) is 5.69 Å². The fourth-order valence-corrected chi connectivity index (χ4v) is 4.69. The minimum absolute atomic E-state index is 0.101. The fraction of sp³-hybridized carbons (Fsp3) is 0.333. The summed E-state index contributed by atoms with van der Waals surface area (Å²) >= 11 is 0. The largest absolute Gasteiger partial charge is 0.368 e. The molecule has 0 saturated carbocycles. The van der Waals surface area contributed by atoms with E-state index in [9.17, 15) is 14.4 Å². The third-order valence-electron chi connectivity index (χ3n) is 6.28. The third-order valence-corrected chi connectivity index (χ3v) is 6.28. The first-order valence-corrected chi connectivity index (χ1v) is 11.3.